The summed E-state index contributed by atoms with van der Waals surface area (Å²) in [7, 11) is 0. The number of halogens is 7. The number of alkyl halides is 6. The molecule has 0 saturated heterocycles. The van der Waals surface area contributed by atoms with E-state index in [1.54, 1.807) is 0 Å². The summed E-state index contributed by atoms with van der Waals surface area (Å²) in [5.41, 5.74) is -0.736. The molecule has 3 nitrogen and oxygen atoms in total. The molecule has 0 aliphatic carbocycles. The van der Waals surface area contributed by atoms with Crippen LogP contribution in [-0.4, -0.2) is 29.4 Å². The van der Waals surface area contributed by atoms with Crippen molar-refractivity contribution in [1.82, 2.24) is 4.98 Å². The molecular formula is C9H4F7NO2. The van der Waals surface area contributed by atoms with Gasteiger partial charge in [0.2, 0.25) is 5.95 Å². The number of hydrogen-bond acceptors (Lipinski definition) is 3. The number of esters is 1. The Morgan fingerprint density at radius 2 is 1.63 bits per heavy atom. The largest absolute Gasteiger partial charge is 0.439 e. The molecule has 0 radical (unpaired) electrons. The van der Waals surface area contributed by atoms with Gasteiger partial charge in [-0.3, -0.25) is 0 Å². The highest BCUT2D eigenvalue weighted by Gasteiger charge is 2.59. The van der Waals surface area contributed by atoms with E-state index in [4.69, 9.17) is 0 Å². The van der Waals surface area contributed by atoms with Crippen LogP contribution in [0.25, 0.3) is 0 Å². The van der Waals surface area contributed by atoms with Crippen LogP contribution in [0.2, 0.25) is 0 Å². The molecule has 0 aliphatic rings. The minimum Gasteiger partial charge on any atom is -0.439 e. The molecule has 0 N–H and O–H groups in total. The zero-order valence-corrected chi connectivity index (χ0v) is 8.72. The Kier molecular flexibility index (Phi) is 4.01. The summed E-state index contributed by atoms with van der Waals surface area (Å²) in [6.07, 6.45) is -15.4. The van der Waals surface area contributed by atoms with Crippen molar-refractivity contribution >= 4 is 5.97 Å². The minimum absolute atomic E-state index is 0.460. The normalized spacial score (nSPS) is 12.6. The van der Waals surface area contributed by atoms with Crippen LogP contribution in [0.15, 0.2) is 18.3 Å². The topological polar surface area (TPSA) is 39.2 Å². The number of aromatic nitrogens is 1. The standard InChI is InChI=1S/C9H4F7NO2/c10-5-2-1-4(3-17-5)6(18)19-7(8(11,12)13)9(14,15)16/h1-3,7H. The Morgan fingerprint density at radius 1 is 1.11 bits per heavy atom. The number of hydrogen-bond donors (Lipinski definition) is 0. The van der Waals surface area contributed by atoms with Gasteiger partial charge in [-0.15, -0.1) is 0 Å². The van der Waals surface area contributed by atoms with Gasteiger partial charge in [0.05, 0.1) is 5.56 Å². The van der Waals surface area contributed by atoms with Crippen LogP contribution in [0.3, 0.4) is 0 Å². The van der Waals surface area contributed by atoms with Gasteiger partial charge in [0, 0.05) is 6.20 Å². The number of ether oxygens (including phenoxy) is 1. The van der Waals surface area contributed by atoms with E-state index in [2.05, 4.69) is 9.72 Å². The lowest BCUT2D eigenvalue weighted by atomic mass is 10.3. The molecule has 0 atom stereocenters. The number of carbonyl (C=O) groups is 1. The van der Waals surface area contributed by atoms with E-state index in [1.807, 2.05) is 0 Å². The Balaban J connectivity index is 2.92. The SMILES string of the molecule is O=C(OC(C(F)(F)F)C(F)(F)F)c1ccc(F)nc1. The summed E-state index contributed by atoms with van der Waals surface area (Å²) >= 11 is 0. The van der Waals surface area contributed by atoms with E-state index >= 15 is 0 Å². The maximum Gasteiger partial charge on any atom is 0.434 e. The number of pyridine rings is 1. The fourth-order valence-electron chi connectivity index (χ4n) is 0.991. The third-order valence-electron chi connectivity index (χ3n) is 1.78. The molecule has 0 fully saturated rings. The van der Waals surface area contributed by atoms with Gasteiger partial charge in [0.15, 0.2) is 0 Å². The summed E-state index contributed by atoms with van der Waals surface area (Å²) in [5.74, 6) is -2.97. The lowest BCUT2D eigenvalue weighted by molar-refractivity contribution is -0.307. The first kappa shape index (κ1) is 15.2. The monoisotopic (exact) mass is 291 g/mol. The zero-order valence-electron chi connectivity index (χ0n) is 8.72. The number of nitrogens with zero attached hydrogens (tertiary/aromatic N) is 1. The third kappa shape index (κ3) is 4.07. The average Bonchev–Trinajstić information content (AvgIpc) is 2.23. The second-order valence-corrected chi connectivity index (χ2v) is 3.24. The molecule has 0 aromatic carbocycles. The van der Waals surface area contributed by atoms with E-state index in [0.717, 1.165) is 0 Å². The van der Waals surface area contributed by atoms with Crippen molar-refractivity contribution in [2.24, 2.45) is 0 Å². The molecule has 1 heterocycles. The van der Waals surface area contributed by atoms with Crippen LogP contribution in [-0.2, 0) is 4.74 Å². The minimum atomic E-state index is -5.80. The molecule has 10 heteroatoms. The van der Waals surface area contributed by atoms with E-state index in [0.29, 0.717) is 18.3 Å². The molecule has 0 bridgehead atoms. The Bertz CT molecular complexity index is 437. The van der Waals surface area contributed by atoms with E-state index < -0.39 is 35.9 Å². The summed E-state index contributed by atoms with van der Waals surface area (Å²) < 4.78 is 88.2. The summed E-state index contributed by atoms with van der Waals surface area (Å²) in [6, 6.07) is 1.24. The molecule has 0 amide bonds. The fraction of sp³-hybridized carbons (Fsp3) is 0.333. The number of carbonyl (C=O) groups excluding carboxylic acids is 1. The molecule has 106 valence electrons. The Morgan fingerprint density at radius 3 is 2.00 bits per heavy atom. The smallest absolute Gasteiger partial charge is 0.434 e. The first-order chi connectivity index (χ1) is 8.51. The molecule has 0 aliphatic heterocycles. The molecule has 1 rings (SSSR count). The summed E-state index contributed by atoms with van der Waals surface area (Å²) in [4.78, 5) is 14.0. The lowest BCUT2D eigenvalue weighted by Crippen LogP contribution is -2.45. The highest BCUT2D eigenvalue weighted by atomic mass is 19.4. The maximum absolute atomic E-state index is 12.4. The van der Waals surface area contributed by atoms with Crippen molar-refractivity contribution in [1.29, 1.82) is 0 Å². The quantitative estimate of drug-likeness (QED) is 0.478. The number of rotatable bonds is 2. The molecule has 19 heavy (non-hydrogen) atoms. The summed E-state index contributed by atoms with van der Waals surface area (Å²) in [5, 5.41) is 0. The lowest BCUT2D eigenvalue weighted by Gasteiger charge is -2.22. The molecule has 1 aromatic heterocycles. The van der Waals surface area contributed by atoms with Crippen molar-refractivity contribution in [2.45, 2.75) is 18.5 Å². The first-order valence-electron chi connectivity index (χ1n) is 4.48. The predicted octanol–water partition coefficient (Wildman–Crippen LogP) is 2.87. The zero-order chi connectivity index (χ0) is 14.8. The predicted molar refractivity (Wildman–Crippen MR) is 45.5 cm³/mol. The van der Waals surface area contributed by atoms with E-state index in [1.165, 1.54) is 0 Å². The van der Waals surface area contributed by atoms with E-state index in [-0.39, 0.29) is 0 Å². The Hall–Kier alpha value is -1.87. The first-order valence-corrected chi connectivity index (χ1v) is 4.48. The second kappa shape index (κ2) is 5.02. The summed E-state index contributed by atoms with van der Waals surface area (Å²) in [6.45, 7) is 0. The van der Waals surface area contributed by atoms with Gasteiger partial charge in [-0.25, -0.2) is 9.78 Å². The van der Waals surface area contributed by atoms with Crippen LogP contribution in [0.4, 0.5) is 30.7 Å². The highest BCUT2D eigenvalue weighted by molar-refractivity contribution is 5.89. The van der Waals surface area contributed by atoms with Gasteiger partial charge in [0.25, 0.3) is 6.10 Å². The van der Waals surface area contributed by atoms with Crippen LogP contribution >= 0.6 is 0 Å². The molecule has 0 unspecified atom stereocenters. The molecule has 0 saturated carbocycles. The van der Waals surface area contributed by atoms with Gasteiger partial charge in [-0.05, 0) is 12.1 Å². The molecular weight excluding hydrogens is 287 g/mol. The average molecular weight is 291 g/mol. The van der Waals surface area contributed by atoms with Crippen molar-refractivity contribution in [2.75, 3.05) is 0 Å². The van der Waals surface area contributed by atoms with Gasteiger partial charge < -0.3 is 4.74 Å². The second-order valence-electron chi connectivity index (χ2n) is 3.24. The van der Waals surface area contributed by atoms with Gasteiger partial charge in [0.1, 0.15) is 0 Å². The van der Waals surface area contributed by atoms with Crippen LogP contribution in [0, 0.1) is 5.95 Å². The van der Waals surface area contributed by atoms with Crippen molar-refractivity contribution in [3.8, 4) is 0 Å². The van der Waals surface area contributed by atoms with Gasteiger partial charge in [-0.2, -0.15) is 30.7 Å². The van der Waals surface area contributed by atoms with Crippen molar-refractivity contribution in [3.63, 3.8) is 0 Å². The van der Waals surface area contributed by atoms with Gasteiger partial charge >= 0.3 is 18.3 Å². The maximum atomic E-state index is 12.4. The van der Waals surface area contributed by atoms with Crippen LogP contribution in [0.5, 0.6) is 0 Å². The molecule has 1 aromatic rings. The molecule has 0 spiro atoms. The van der Waals surface area contributed by atoms with E-state index in [9.17, 15) is 35.5 Å². The van der Waals surface area contributed by atoms with Gasteiger partial charge in [-0.1, -0.05) is 0 Å². The fourth-order valence-corrected chi connectivity index (χ4v) is 0.991. The van der Waals surface area contributed by atoms with Crippen LogP contribution in [0.1, 0.15) is 10.4 Å². The highest BCUT2D eigenvalue weighted by Crippen LogP contribution is 2.36. The van der Waals surface area contributed by atoms with Crippen LogP contribution < -0.4 is 0 Å². The van der Waals surface area contributed by atoms with Crippen molar-refractivity contribution in [3.05, 3.63) is 29.8 Å². The Labute approximate surface area is 101 Å². The third-order valence-corrected chi connectivity index (χ3v) is 1.78. The van der Waals surface area contributed by atoms with Crippen molar-refractivity contribution < 1.29 is 40.3 Å².